The Balaban J connectivity index is 1.95. The Morgan fingerprint density at radius 1 is 1.39 bits per heavy atom. The lowest BCUT2D eigenvalue weighted by Crippen LogP contribution is -2.30. The third-order valence-electron chi connectivity index (χ3n) is 3.57. The zero-order valence-electron chi connectivity index (χ0n) is 10.8. The molecular weight excluding hydrogens is 252 g/mol. The molecule has 1 fully saturated rings. The van der Waals surface area contributed by atoms with Crippen molar-refractivity contribution >= 4 is 10.0 Å². The first-order chi connectivity index (χ1) is 8.53. The first kappa shape index (κ1) is 13.6. The molecular formula is C12H20N2O3S. The van der Waals surface area contributed by atoms with Gasteiger partial charge in [0.2, 0.25) is 5.09 Å². The van der Waals surface area contributed by atoms with Crippen LogP contribution in [0.1, 0.15) is 31.9 Å². The van der Waals surface area contributed by atoms with E-state index >= 15 is 0 Å². The standard InChI is InChI=1S/C12H20N2O3S/c1-9-4-3-5-11(9)14-8-10-6-7-12(17-10)18(15,16)13-2/h6-7,9,11,13-14H,3-5,8H2,1-2H3. The molecule has 2 unspecified atom stereocenters. The molecule has 0 radical (unpaired) electrons. The van der Waals surface area contributed by atoms with Crippen LogP contribution in [0.3, 0.4) is 0 Å². The Labute approximate surface area is 108 Å². The lowest BCUT2D eigenvalue weighted by molar-refractivity contribution is 0.366. The second-order valence-corrected chi connectivity index (χ2v) is 6.64. The summed E-state index contributed by atoms with van der Waals surface area (Å²) in [6.45, 7) is 2.82. The molecule has 2 rings (SSSR count). The quantitative estimate of drug-likeness (QED) is 0.851. The summed E-state index contributed by atoms with van der Waals surface area (Å²) in [6.07, 6.45) is 3.70. The van der Waals surface area contributed by atoms with Gasteiger partial charge in [-0.25, -0.2) is 13.1 Å². The molecule has 1 aromatic rings. The number of nitrogens with one attached hydrogen (secondary N) is 2. The Morgan fingerprint density at radius 2 is 2.17 bits per heavy atom. The molecule has 6 heteroatoms. The highest BCUT2D eigenvalue weighted by Gasteiger charge is 2.23. The largest absolute Gasteiger partial charge is 0.447 e. The van der Waals surface area contributed by atoms with Crippen LogP contribution in [0.4, 0.5) is 0 Å². The molecule has 18 heavy (non-hydrogen) atoms. The summed E-state index contributed by atoms with van der Waals surface area (Å²) >= 11 is 0. The highest BCUT2D eigenvalue weighted by Crippen LogP contribution is 2.25. The van der Waals surface area contributed by atoms with Crippen LogP contribution in [0.25, 0.3) is 0 Å². The molecule has 0 bridgehead atoms. The predicted octanol–water partition coefficient (Wildman–Crippen LogP) is 1.47. The first-order valence-corrected chi connectivity index (χ1v) is 7.77. The molecule has 1 aliphatic rings. The van der Waals surface area contributed by atoms with E-state index in [0.717, 1.165) is 0 Å². The van der Waals surface area contributed by atoms with E-state index in [4.69, 9.17) is 4.42 Å². The van der Waals surface area contributed by atoms with E-state index in [-0.39, 0.29) is 5.09 Å². The molecule has 1 aromatic heterocycles. The fourth-order valence-corrected chi connectivity index (χ4v) is 3.04. The summed E-state index contributed by atoms with van der Waals surface area (Å²) in [6, 6.07) is 3.71. The van der Waals surface area contributed by atoms with Gasteiger partial charge in [-0.3, -0.25) is 0 Å². The van der Waals surface area contributed by atoms with E-state index in [1.165, 1.54) is 32.4 Å². The van der Waals surface area contributed by atoms with Crippen molar-refractivity contribution in [1.29, 1.82) is 0 Å². The molecule has 1 heterocycles. The maximum atomic E-state index is 11.5. The molecule has 5 nitrogen and oxygen atoms in total. The minimum atomic E-state index is -3.47. The van der Waals surface area contributed by atoms with Gasteiger partial charge in [0.05, 0.1) is 6.54 Å². The number of hydrogen-bond acceptors (Lipinski definition) is 4. The second-order valence-electron chi connectivity index (χ2n) is 4.82. The van der Waals surface area contributed by atoms with Crippen molar-refractivity contribution in [2.75, 3.05) is 7.05 Å². The maximum Gasteiger partial charge on any atom is 0.273 e. The van der Waals surface area contributed by atoms with E-state index in [0.29, 0.717) is 24.3 Å². The summed E-state index contributed by atoms with van der Waals surface area (Å²) in [5.41, 5.74) is 0. The molecule has 102 valence electrons. The first-order valence-electron chi connectivity index (χ1n) is 6.28. The number of rotatable bonds is 5. The molecule has 2 atom stereocenters. The molecule has 0 aromatic carbocycles. The van der Waals surface area contributed by atoms with Gasteiger partial charge in [0.1, 0.15) is 5.76 Å². The fourth-order valence-electron chi connectivity index (χ4n) is 2.38. The predicted molar refractivity (Wildman–Crippen MR) is 68.6 cm³/mol. The minimum absolute atomic E-state index is 0.0266. The van der Waals surface area contributed by atoms with Crippen molar-refractivity contribution in [3.8, 4) is 0 Å². The van der Waals surface area contributed by atoms with Crippen molar-refractivity contribution in [2.45, 2.75) is 43.9 Å². The van der Waals surface area contributed by atoms with Gasteiger partial charge in [-0.1, -0.05) is 13.3 Å². The van der Waals surface area contributed by atoms with Crippen LogP contribution in [-0.2, 0) is 16.6 Å². The van der Waals surface area contributed by atoms with E-state index in [1.54, 1.807) is 6.07 Å². The maximum absolute atomic E-state index is 11.5. The van der Waals surface area contributed by atoms with Crippen LogP contribution in [0.15, 0.2) is 21.6 Å². The molecule has 0 aliphatic heterocycles. The van der Waals surface area contributed by atoms with Crippen LogP contribution >= 0.6 is 0 Å². The van der Waals surface area contributed by atoms with E-state index in [9.17, 15) is 8.42 Å². The summed E-state index contributed by atoms with van der Waals surface area (Å²) in [5.74, 6) is 1.34. The summed E-state index contributed by atoms with van der Waals surface area (Å²) in [4.78, 5) is 0. The Bertz CT molecular complexity index is 495. The minimum Gasteiger partial charge on any atom is -0.447 e. The monoisotopic (exact) mass is 272 g/mol. The highest BCUT2D eigenvalue weighted by atomic mass is 32.2. The van der Waals surface area contributed by atoms with Crippen LogP contribution in [0.2, 0.25) is 0 Å². The molecule has 0 amide bonds. The smallest absolute Gasteiger partial charge is 0.273 e. The van der Waals surface area contributed by atoms with Gasteiger partial charge in [0.25, 0.3) is 10.0 Å². The SMILES string of the molecule is CNS(=O)(=O)c1ccc(CNC2CCCC2C)o1. The molecule has 1 aliphatic carbocycles. The van der Waals surface area contributed by atoms with Gasteiger partial charge in [-0.15, -0.1) is 0 Å². The average molecular weight is 272 g/mol. The number of sulfonamides is 1. The van der Waals surface area contributed by atoms with E-state index in [1.807, 2.05) is 0 Å². The second kappa shape index (κ2) is 5.42. The van der Waals surface area contributed by atoms with Crippen molar-refractivity contribution in [3.05, 3.63) is 17.9 Å². The summed E-state index contributed by atoms with van der Waals surface area (Å²) < 4.78 is 30.6. The normalized spacial score (nSPS) is 24.6. The van der Waals surface area contributed by atoms with Crippen molar-refractivity contribution in [2.24, 2.45) is 5.92 Å². The van der Waals surface area contributed by atoms with Crippen LogP contribution < -0.4 is 10.0 Å². The third-order valence-corrected chi connectivity index (χ3v) is 4.86. The van der Waals surface area contributed by atoms with Crippen molar-refractivity contribution in [3.63, 3.8) is 0 Å². The van der Waals surface area contributed by atoms with Crippen LogP contribution in [0, 0.1) is 5.92 Å². The molecule has 1 saturated carbocycles. The Morgan fingerprint density at radius 3 is 2.78 bits per heavy atom. The summed E-state index contributed by atoms with van der Waals surface area (Å²) in [7, 11) is -2.10. The zero-order chi connectivity index (χ0) is 13.2. The Kier molecular flexibility index (Phi) is 4.09. The van der Waals surface area contributed by atoms with E-state index < -0.39 is 10.0 Å². The van der Waals surface area contributed by atoms with Gasteiger partial charge in [-0.05, 0) is 37.9 Å². The molecule has 0 saturated heterocycles. The van der Waals surface area contributed by atoms with Crippen LogP contribution in [0.5, 0.6) is 0 Å². The van der Waals surface area contributed by atoms with Crippen LogP contribution in [-0.4, -0.2) is 21.5 Å². The lowest BCUT2D eigenvalue weighted by Gasteiger charge is -2.16. The molecule has 0 spiro atoms. The topological polar surface area (TPSA) is 71.3 Å². The average Bonchev–Trinajstić information content (AvgIpc) is 2.96. The fraction of sp³-hybridized carbons (Fsp3) is 0.667. The van der Waals surface area contributed by atoms with Crippen molar-refractivity contribution in [1.82, 2.24) is 10.0 Å². The summed E-state index contributed by atoms with van der Waals surface area (Å²) in [5, 5.41) is 3.39. The van der Waals surface area contributed by atoms with Gasteiger partial charge in [0.15, 0.2) is 0 Å². The van der Waals surface area contributed by atoms with Gasteiger partial charge in [0, 0.05) is 6.04 Å². The van der Waals surface area contributed by atoms with Gasteiger partial charge >= 0.3 is 0 Å². The third kappa shape index (κ3) is 2.93. The zero-order valence-corrected chi connectivity index (χ0v) is 11.6. The number of hydrogen-bond donors (Lipinski definition) is 2. The van der Waals surface area contributed by atoms with Crippen molar-refractivity contribution < 1.29 is 12.8 Å². The van der Waals surface area contributed by atoms with E-state index in [2.05, 4.69) is 17.0 Å². The molecule has 2 N–H and O–H groups in total. The highest BCUT2D eigenvalue weighted by molar-refractivity contribution is 7.89. The lowest BCUT2D eigenvalue weighted by atomic mass is 10.1. The van der Waals surface area contributed by atoms with Gasteiger partial charge in [-0.2, -0.15) is 0 Å². The van der Waals surface area contributed by atoms with Gasteiger partial charge < -0.3 is 9.73 Å². The number of furan rings is 1. The Hall–Kier alpha value is -0.850.